The summed E-state index contributed by atoms with van der Waals surface area (Å²) in [7, 11) is 0. The molecule has 0 unspecified atom stereocenters. The van der Waals surface area contributed by atoms with Crippen LogP contribution in [0.1, 0.15) is 50.4 Å². The number of rotatable bonds is 7. The molecule has 1 aromatic heterocycles. The molecule has 1 aliphatic rings. The minimum atomic E-state index is -0.421. The lowest BCUT2D eigenvalue weighted by molar-refractivity contribution is 0.0953. The molecule has 2 heterocycles. The molecule has 1 aliphatic heterocycles. The number of fused-ring (bicyclic) bond motifs is 1. The van der Waals surface area contributed by atoms with Gasteiger partial charge in [0, 0.05) is 32.4 Å². The van der Waals surface area contributed by atoms with E-state index in [-0.39, 0.29) is 17.0 Å². The highest BCUT2D eigenvalue weighted by molar-refractivity contribution is 6.04. The minimum Gasteiger partial charge on any atom is -0.352 e. The number of aromatic amines is 1. The number of hydrogen-bond acceptors (Lipinski definition) is 4. The second-order valence-electron chi connectivity index (χ2n) is 8.17. The molecule has 27 heavy (non-hydrogen) atoms. The van der Waals surface area contributed by atoms with Crippen molar-refractivity contribution >= 4 is 16.9 Å². The van der Waals surface area contributed by atoms with Gasteiger partial charge >= 0.3 is 5.69 Å². The second kappa shape index (κ2) is 7.03. The van der Waals surface area contributed by atoms with Crippen molar-refractivity contribution < 1.29 is 4.79 Å². The van der Waals surface area contributed by atoms with Gasteiger partial charge in [0.25, 0.3) is 5.91 Å². The Labute approximate surface area is 158 Å². The summed E-state index contributed by atoms with van der Waals surface area (Å²) in [5.41, 5.74) is 1.08. The maximum Gasteiger partial charge on any atom is 0.326 e. The van der Waals surface area contributed by atoms with E-state index in [0.29, 0.717) is 43.4 Å². The molecule has 0 saturated heterocycles. The normalized spacial score (nSPS) is 14.9. The number of carbonyl (C=O) groups is 1. The molecular formula is C20H25N5O2. The first-order chi connectivity index (χ1) is 12.7. The summed E-state index contributed by atoms with van der Waals surface area (Å²) in [5, 5.41) is 11.0. The zero-order valence-corrected chi connectivity index (χ0v) is 16.0. The summed E-state index contributed by atoms with van der Waals surface area (Å²) in [5.74, 6) is 2.36. The SMILES string of the molecule is C#CCCC1(CCNC(=O)c2cccc3c2[nH]c(=O)n3CC(C)(C)C)N=N1. The molecule has 2 aromatic rings. The molecule has 1 amide bonds. The van der Waals surface area contributed by atoms with Crippen LogP contribution in [0.4, 0.5) is 0 Å². The Morgan fingerprint density at radius 3 is 2.70 bits per heavy atom. The fourth-order valence-corrected chi connectivity index (χ4v) is 3.14. The molecule has 0 spiro atoms. The number of hydrogen-bond donors (Lipinski definition) is 2. The number of nitrogens with zero attached hydrogens (tertiary/aromatic N) is 3. The van der Waals surface area contributed by atoms with Crippen LogP contribution in [-0.4, -0.2) is 27.7 Å². The van der Waals surface area contributed by atoms with Gasteiger partial charge in [-0.15, -0.1) is 12.3 Å². The monoisotopic (exact) mass is 367 g/mol. The molecule has 7 heteroatoms. The summed E-state index contributed by atoms with van der Waals surface area (Å²) in [6, 6.07) is 5.37. The van der Waals surface area contributed by atoms with Gasteiger partial charge in [-0.1, -0.05) is 26.8 Å². The molecule has 3 rings (SSSR count). The number of imidazole rings is 1. The Balaban J connectivity index is 1.73. The van der Waals surface area contributed by atoms with E-state index in [0.717, 1.165) is 5.52 Å². The zero-order valence-electron chi connectivity index (χ0n) is 16.0. The number of benzene rings is 1. The van der Waals surface area contributed by atoms with E-state index in [1.807, 2.05) is 6.07 Å². The Kier molecular flexibility index (Phi) is 4.92. The van der Waals surface area contributed by atoms with Gasteiger partial charge in [-0.2, -0.15) is 10.2 Å². The summed E-state index contributed by atoms with van der Waals surface area (Å²) >= 11 is 0. The number of nitrogens with one attached hydrogen (secondary N) is 2. The number of aromatic nitrogens is 2. The second-order valence-corrected chi connectivity index (χ2v) is 8.17. The van der Waals surface area contributed by atoms with Crippen molar-refractivity contribution in [2.45, 2.75) is 52.2 Å². The van der Waals surface area contributed by atoms with Gasteiger partial charge in [0.1, 0.15) is 0 Å². The van der Waals surface area contributed by atoms with E-state index in [9.17, 15) is 9.59 Å². The Hall–Kier alpha value is -2.88. The van der Waals surface area contributed by atoms with Gasteiger partial charge in [-0.3, -0.25) is 9.36 Å². The van der Waals surface area contributed by atoms with Crippen molar-refractivity contribution in [3.8, 4) is 12.3 Å². The van der Waals surface area contributed by atoms with Crippen LogP contribution in [0.25, 0.3) is 11.0 Å². The Bertz CT molecular complexity index is 978. The van der Waals surface area contributed by atoms with Crippen molar-refractivity contribution in [3.63, 3.8) is 0 Å². The lowest BCUT2D eigenvalue weighted by Crippen LogP contribution is -2.28. The van der Waals surface area contributed by atoms with Gasteiger partial charge in [0.2, 0.25) is 0 Å². The smallest absolute Gasteiger partial charge is 0.326 e. The molecule has 0 aliphatic carbocycles. The van der Waals surface area contributed by atoms with Gasteiger partial charge in [0.15, 0.2) is 5.66 Å². The van der Waals surface area contributed by atoms with E-state index in [1.54, 1.807) is 16.7 Å². The third-order valence-electron chi connectivity index (χ3n) is 4.55. The van der Waals surface area contributed by atoms with Crippen molar-refractivity contribution in [3.05, 3.63) is 34.2 Å². The van der Waals surface area contributed by atoms with Gasteiger partial charge in [-0.25, -0.2) is 4.79 Å². The maximum atomic E-state index is 12.6. The third kappa shape index (κ3) is 4.27. The highest BCUT2D eigenvalue weighted by Crippen LogP contribution is 2.36. The molecule has 7 nitrogen and oxygen atoms in total. The zero-order chi connectivity index (χ0) is 19.7. The number of carbonyl (C=O) groups excluding carboxylic acids is 1. The molecule has 0 bridgehead atoms. The van der Waals surface area contributed by atoms with Crippen LogP contribution in [0.15, 0.2) is 33.2 Å². The number of amides is 1. The number of para-hydroxylation sites is 1. The number of H-pyrrole nitrogens is 1. The molecule has 2 N–H and O–H groups in total. The summed E-state index contributed by atoms with van der Waals surface area (Å²) < 4.78 is 1.68. The van der Waals surface area contributed by atoms with Crippen LogP contribution in [0.2, 0.25) is 0 Å². The average Bonchev–Trinajstić information content (AvgIpc) is 3.30. The molecule has 0 atom stereocenters. The molecule has 0 radical (unpaired) electrons. The predicted octanol–water partition coefficient (Wildman–Crippen LogP) is 3.07. The standard InChI is InChI=1S/C20H25N5O2/c1-5-6-10-20(23-24-20)11-12-21-17(26)14-8-7-9-15-16(14)22-18(27)25(15)13-19(2,3)4/h1,7-9H,6,10-13H2,2-4H3,(H,21,26)(H,22,27). The van der Waals surface area contributed by atoms with Crippen molar-refractivity contribution in [1.82, 2.24) is 14.9 Å². The van der Waals surface area contributed by atoms with Crippen LogP contribution in [0.3, 0.4) is 0 Å². The molecule has 142 valence electrons. The van der Waals surface area contributed by atoms with Crippen LogP contribution in [-0.2, 0) is 6.54 Å². The first-order valence-corrected chi connectivity index (χ1v) is 9.12. The van der Waals surface area contributed by atoms with Crippen molar-refractivity contribution in [1.29, 1.82) is 0 Å². The summed E-state index contributed by atoms with van der Waals surface area (Å²) in [6.07, 6.45) is 7.23. The fourth-order valence-electron chi connectivity index (χ4n) is 3.14. The van der Waals surface area contributed by atoms with Crippen LogP contribution in [0.5, 0.6) is 0 Å². The van der Waals surface area contributed by atoms with E-state index >= 15 is 0 Å². The highest BCUT2D eigenvalue weighted by atomic mass is 16.2. The van der Waals surface area contributed by atoms with Crippen molar-refractivity contribution in [2.75, 3.05) is 6.54 Å². The largest absolute Gasteiger partial charge is 0.352 e. The minimum absolute atomic E-state index is 0.0544. The topological polar surface area (TPSA) is 91.6 Å². The first kappa shape index (κ1) is 18.9. The van der Waals surface area contributed by atoms with Crippen LogP contribution >= 0.6 is 0 Å². The van der Waals surface area contributed by atoms with E-state index in [4.69, 9.17) is 6.42 Å². The first-order valence-electron chi connectivity index (χ1n) is 9.12. The van der Waals surface area contributed by atoms with Gasteiger partial charge in [-0.05, 0) is 17.5 Å². The lowest BCUT2D eigenvalue weighted by atomic mass is 9.97. The predicted molar refractivity (Wildman–Crippen MR) is 105 cm³/mol. The average molecular weight is 367 g/mol. The molecule has 0 fully saturated rings. The quantitative estimate of drug-likeness (QED) is 0.736. The van der Waals surface area contributed by atoms with Crippen molar-refractivity contribution in [2.24, 2.45) is 15.6 Å². The lowest BCUT2D eigenvalue weighted by Gasteiger charge is -2.18. The molecular weight excluding hydrogens is 342 g/mol. The van der Waals surface area contributed by atoms with E-state index in [2.05, 4.69) is 47.2 Å². The third-order valence-corrected chi connectivity index (χ3v) is 4.55. The van der Waals surface area contributed by atoms with Crippen LogP contribution in [0, 0.1) is 17.8 Å². The Morgan fingerprint density at radius 2 is 2.07 bits per heavy atom. The van der Waals surface area contributed by atoms with E-state index in [1.165, 1.54) is 0 Å². The van der Waals surface area contributed by atoms with Gasteiger partial charge < -0.3 is 10.3 Å². The molecule has 1 aromatic carbocycles. The summed E-state index contributed by atoms with van der Waals surface area (Å²) in [4.78, 5) is 27.9. The van der Waals surface area contributed by atoms with Gasteiger partial charge in [0.05, 0.1) is 16.6 Å². The Morgan fingerprint density at radius 1 is 1.33 bits per heavy atom. The summed E-state index contributed by atoms with van der Waals surface area (Å²) in [6.45, 7) is 7.22. The fraction of sp³-hybridized carbons (Fsp3) is 0.500. The van der Waals surface area contributed by atoms with Crippen LogP contribution < -0.4 is 11.0 Å². The van der Waals surface area contributed by atoms with E-state index < -0.39 is 5.66 Å². The number of terminal acetylenes is 1. The highest BCUT2D eigenvalue weighted by Gasteiger charge is 2.38. The maximum absolute atomic E-state index is 12.6. The molecule has 0 saturated carbocycles.